The number of rotatable bonds is 3. The minimum atomic E-state index is 0.352. The van der Waals surface area contributed by atoms with Gasteiger partial charge in [0.05, 0.1) is 6.04 Å². The van der Waals surface area contributed by atoms with Crippen LogP contribution in [0.1, 0.15) is 17.2 Å². The second-order valence-corrected chi connectivity index (χ2v) is 6.01. The van der Waals surface area contributed by atoms with Crippen LogP contribution in [-0.2, 0) is 0 Å². The number of hydrogen-bond donors (Lipinski definition) is 1. The second-order valence-electron chi connectivity index (χ2n) is 4.80. The maximum absolute atomic E-state index is 6.01. The summed E-state index contributed by atoms with van der Waals surface area (Å²) in [6, 6.07) is 10.8. The molecule has 19 heavy (non-hydrogen) atoms. The lowest BCUT2D eigenvalue weighted by Crippen LogP contribution is -2.45. The number of nitrogens with one attached hydrogen (secondary N) is 1. The van der Waals surface area contributed by atoms with Gasteiger partial charge in [-0.25, -0.2) is 0 Å². The number of hydrogen-bond acceptors (Lipinski definition) is 3. The van der Waals surface area contributed by atoms with Crippen LogP contribution in [0.2, 0.25) is 5.02 Å². The Hall–Kier alpha value is -0.870. The zero-order valence-corrected chi connectivity index (χ0v) is 12.3. The molecule has 1 atom stereocenters. The van der Waals surface area contributed by atoms with Gasteiger partial charge in [0.2, 0.25) is 0 Å². The third-order valence-corrected chi connectivity index (χ3v) is 4.51. The van der Waals surface area contributed by atoms with Gasteiger partial charge < -0.3 is 5.32 Å². The lowest BCUT2D eigenvalue weighted by molar-refractivity contribution is 0.199. The molecule has 1 unspecified atom stereocenters. The van der Waals surface area contributed by atoms with Gasteiger partial charge in [-0.1, -0.05) is 23.7 Å². The van der Waals surface area contributed by atoms with E-state index in [1.807, 2.05) is 12.1 Å². The second kappa shape index (κ2) is 6.06. The quantitative estimate of drug-likeness (QED) is 0.933. The van der Waals surface area contributed by atoms with E-state index in [0.29, 0.717) is 6.04 Å². The fraction of sp³-hybridized carbons (Fsp3) is 0.333. The van der Waals surface area contributed by atoms with Gasteiger partial charge in [0.1, 0.15) is 0 Å². The molecule has 1 saturated heterocycles. The molecule has 1 N–H and O–H groups in total. The summed E-state index contributed by atoms with van der Waals surface area (Å²) in [4.78, 5) is 2.54. The molecule has 4 heteroatoms. The van der Waals surface area contributed by atoms with Crippen molar-refractivity contribution < 1.29 is 0 Å². The zero-order valence-electron chi connectivity index (χ0n) is 10.7. The summed E-state index contributed by atoms with van der Waals surface area (Å²) in [6.07, 6.45) is 0. The Balaban J connectivity index is 1.93. The first-order valence-corrected chi connectivity index (χ1v) is 7.89. The van der Waals surface area contributed by atoms with Crippen molar-refractivity contribution in [2.75, 3.05) is 26.2 Å². The smallest absolute Gasteiger partial charge is 0.0610 e. The summed E-state index contributed by atoms with van der Waals surface area (Å²) < 4.78 is 0. The predicted octanol–water partition coefficient (Wildman–Crippen LogP) is 3.40. The summed E-state index contributed by atoms with van der Waals surface area (Å²) in [6.45, 7) is 4.30. The monoisotopic (exact) mass is 292 g/mol. The van der Waals surface area contributed by atoms with E-state index < -0.39 is 0 Å². The molecule has 1 aromatic heterocycles. The van der Waals surface area contributed by atoms with Crippen molar-refractivity contribution in [2.24, 2.45) is 0 Å². The van der Waals surface area contributed by atoms with Crippen molar-refractivity contribution in [3.63, 3.8) is 0 Å². The van der Waals surface area contributed by atoms with Gasteiger partial charge in [-0.05, 0) is 40.1 Å². The highest BCUT2D eigenvalue weighted by molar-refractivity contribution is 7.08. The van der Waals surface area contributed by atoms with E-state index in [2.05, 4.69) is 39.2 Å². The summed E-state index contributed by atoms with van der Waals surface area (Å²) in [5.74, 6) is 0. The fourth-order valence-electron chi connectivity index (χ4n) is 2.63. The van der Waals surface area contributed by atoms with Gasteiger partial charge in [-0.3, -0.25) is 4.90 Å². The molecule has 2 nitrogen and oxygen atoms in total. The van der Waals surface area contributed by atoms with Crippen LogP contribution in [0.3, 0.4) is 0 Å². The molecule has 1 aromatic carbocycles. The molecular formula is C15H17ClN2S. The zero-order chi connectivity index (χ0) is 13.1. The molecular weight excluding hydrogens is 276 g/mol. The molecule has 2 aromatic rings. The standard InChI is InChI=1S/C15H17ClN2S/c16-14-3-1-12(2-4-14)15(13-5-10-19-11-13)18-8-6-17-7-9-18/h1-5,10-11,15,17H,6-9H2. The van der Waals surface area contributed by atoms with Crippen LogP contribution in [0, 0.1) is 0 Å². The van der Waals surface area contributed by atoms with Gasteiger partial charge in [0.25, 0.3) is 0 Å². The molecule has 0 spiro atoms. The minimum Gasteiger partial charge on any atom is -0.314 e. The normalized spacial score (nSPS) is 18.4. The number of halogens is 1. The minimum absolute atomic E-state index is 0.352. The highest BCUT2D eigenvalue weighted by Gasteiger charge is 2.23. The van der Waals surface area contributed by atoms with E-state index >= 15 is 0 Å². The summed E-state index contributed by atoms with van der Waals surface area (Å²) >= 11 is 7.77. The van der Waals surface area contributed by atoms with E-state index in [9.17, 15) is 0 Å². The van der Waals surface area contributed by atoms with Crippen LogP contribution >= 0.6 is 22.9 Å². The Morgan fingerprint density at radius 1 is 1.05 bits per heavy atom. The average molecular weight is 293 g/mol. The lowest BCUT2D eigenvalue weighted by Gasteiger charge is -2.35. The van der Waals surface area contributed by atoms with E-state index in [-0.39, 0.29) is 0 Å². The highest BCUT2D eigenvalue weighted by atomic mass is 35.5. The van der Waals surface area contributed by atoms with E-state index in [1.54, 1.807) is 11.3 Å². The number of benzene rings is 1. The molecule has 0 saturated carbocycles. The van der Waals surface area contributed by atoms with Gasteiger partial charge in [-0.2, -0.15) is 11.3 Å². The first kappa shape index (κ1) is 13.1. The van der Waals surface area contributed by atoms with Crippen molar-refractivity contribution in [3.05, 3.63) is 57.2 Å². The number of thiophene rings is 1. The van der Waals surface area contributed by atoms with Gasteiger partial charge in [0.15, 0.2) is 0 Å². The van der Waals surface area contributed by atoms with Crippen LogP contribution in [0.4, 0.5) is 0 Å². The Bertz CT molecular complexity index is 503. The number of nitrogens with zero attached hydrogens (tertiary/aromatic N) is 1. The highest BCUT2D eigenvalue weighted by Crippen LogP contribution is 2.31. The molecule has 0 bridgehead atoms. The molecule has 1 aliphatic rings. The average Bonchev–Trinajstić information content (AvgIpc) is 2.96. The number of piperazine rings is 1. The summed E-state index contributed by atoms with van der Waals surface area (Å²) in [5.41, 5.74) is 2.71. The Morgan fingerprint density at radius 3 is 2.42 bits per heavy atom. The topological polar surface area (TPSA) is 15.3 Å². The van der Waals surface area contributed by atoms with Gasteiger partial charge in [0, 0.05) is 31.2 Å². The largest absolute Gasteiger partial charge is 0.314 e. The van der Waals surface area contributed by atoms with Crippen LogP contribution in [0.15, 0.2) is 41.1 Å². The van der Waals surface area contributed by atoms with Gasteiger partial charge >= 0.3 is 0 Å². The lowest BCUT2D eigenvalue weighted by atomic mass is 9.99. The maximum atomic E-state index is 6.01. The maximum Gasteiger partial charge on any atom is 0.0610 e. The summed E-state index contributed by atoms with van der Waals surface area (Å²) in [5, 5.41) is 8.62. The van der Waals surface area contributed by atoms with Crippen LogP contribution in [0.5, 0.6) is 0 Å². The Labute approximate surface area is 123 Å². The van der Waals surface area contributed by atoms with Crippen molar-refractivity contribution in [1.82, 2.24) is 10.2 Å². The van der Waals surface area contributed by atoms with Crippen molar-refractivity contribution in [2.45, 2.75) is 6.04 Å². The molecule has 0 radical (unpaired) electrons. The van der Waals surface area contributed by atoms with Crippen LogP contribution in [-0.4, -0.2) is 31.1 Å². The van der Waals surface area contributed by atoms with Crippen molar-refractivity contribution in [3.8, 4) is 0 Å². The van der Waals surface area contributed by atoms with Crippen molar-refractivity contribution >= 4 is 22.9 Å². The molecule has 3 rings (SSSR count). The fourth-order valence-corrected chi connectivity index (χ4v) is 3.43. The Morgan fingerprint density at radius 2 is 1.79 bits per heavy atom. The van der Waals surface area contributed by atoms with Crippen molar-refractivity contribution in [1.29, 1.82) is 0 Å². The van der Waals surface area contributed by atoms with Crippen LogP contribution < -0.4 is 5.32 Å². The van der Waals surface area contributed by atoms with Crippen LogP contribution in [0.25, 0.3) is 0 Å². The summed E-state index contributed by atoms with van der Waals surface area (Å²) in [7, 11) is 0. The first-order valence-electron chi connectivity index (χ1n) is 6.57. The molecule has 1 fully saturated rings. The third-order valence-electron chi connectivity index (χ3n) is 3.56. The Kier molecular flexibility index (Phi) is 4.18. The van der Waals surface area contributed by atoms with E-state index in [0.717, 1.165) is 31.2 Å². The molecule has 0 aliphatic carbocycles. The van der Waals surface area contributed by atoms with Gasteiger partial charge in [-0.15, -0.1) is 0 Å². The molecule has 0 amide bonds. The third kappa shape index (κ3) is 3.00. The molecule has 1 aliphatic heterocycles. The molecule has 2 heterocycles. The first-order chi connectivity index (χ1) is 9.34. The van der Waals surface area contributed by atoms with E-state index in [4.69, 9.17) is 11.6 Å². The van der Waals surface area contributed by atoms with E-state index in [1.165, 1.54) is 11.1 Å². The predicted molar refractivity (Wildman–Crippen MR) is 82.1 cm³/mol. The molecule has 100 valence electrons. The SMILES string of the molecule is Clc1ccc(C(c2ccsc2)N2CCNCC2)cc1.